The van der Waals surface area contributed by atoms with Crippen LogP contribution < -0.4 is 5.73 Å². The minimum atomic E-state index is -0.439. The van der Waals surface area contributed by atoms with Gasteiger partial charge in [-0.15, -0.1) is 10.2 Å². The molecule has 2 N–H and O–H groups in total. The molecule has 0 saturated heterocycles. The van der Waals surface area contributed by atoms with E-state index in [9.17, 15) is 10.1 Å². The third kappa shape index (κ3) is 2.36. The van der Waals surface area contributed by atoms with Crippen molar-refractivity contribution >= 4 is 27.7 Å². The quantitative estimate of drug-likeness (QED) is 0.349. The summed E-state index contributed by atoms with van der Waals surface area (Å²) in [5.41, 5.74) is 8.07. The van der Waals surface area contributed by atoms with Gasteiger partial charge in [-0.3, -0.25) is 10.1 Å². The van der Waals surface area contributed by atoms with Gasteiger partial charge in [0.15, 0.2) is 5.82 Å². The highest BCUT2D eigenvalue weighted by molar-refractivity contribution is 7.19. The molecule has 0 saturated carbocycles. The predicted octanol–water partition coefficient (Wildman–Crippen LogP) is 3.01. The van der Waals surface area contributed by atoms with E-state index in [1.165, 1.54) is 23.5 Å². The van der Waals surface area contributed by atoms with Crippen molar-refractivity contribution in [3.8, 4) is 22.0 Å². The molecule has 0 unspecified atom stereocenters. The number of nitro groups is 1. The van der Waals surface area contributed by atoms with E-state index < -0.39 is 4.92 Å². The van der Waals surface area contributed by atoms with Gasteiger partial charge in [0.05, 0.1) is 4.92 Å². The summed E-state index contributed by atoms with van der Waals surface area (Å²) in [6, 6.07) is 13.6. The fraction of sp³-hybridized carbons (Fsp3) is 0. The van der Waals surface area contributed by atoms with Crippen LogP contribution in [-0.4, -0.2) is 24.7 Å². The van der Waals surface area contributed by atoms with Gasteiger partial charge in [0.2, 0.25) is 4.96 Å². The van der Waals surface area contributed by atoms with Gasteiger partial charge in [0.1, 0.15) is 5.01 Å². The zero-order valence-corrected chi connectivity index (χ0v) is 13.0. The highest BCUT2D eigenvalue weighted by Gasteiger charge is 2.15. The molecule has 24 heavy (non-hydrogen) atoms. The summed E-state index contributed by atoms with van der Waals surface area (Å²) >= 11 is 1.41. The standard InChI is InChI=1S/C15H10N6O2S/c16-11-5-1-10(2-6-11)14-19-20-13(17-18-15(20)24-14)9-3-7-12(8-4-9)21(22)23/h1-8H,16H2. The van der Waals surface area contributed by atoms with E-state index in [1.807, 2.05) is 24.3 Å². The van der Waals surface area contributed by atoms with E-state index >= 15 is 0 Å². The SMILES string of the molecule is Nc1ccc(-c2nn3c(-c4ccc([N+](=O)[O-])cc4)nnc3s2)cc1. The molecular formula is C15H10N6O2S. The molecule has 4 rings (SSSR count). The molecule has 0 radical (unpaired) electrons. The molecule has 0 aliphatic heterocycles. The van der Waals surface area contributed by atoms with Crippen molar-refractivity contribution in [1.82, 2.24) is 19.8 Å². The number of hydrogen-bond acceptors (Lipinski definition) is 7. The highest BCUT2D eigenvalue weighted by Crippen LogP contribution is 2.29. The summed E-state index contributed by atoms with van der Waals surface area (Å²) in [6.45, 7) is 0. The van der Waals surface area contributed by atoms with Crippen LogP contribution in [0, 0.1) is 10.1 Å². The van der Waals surface area contributed by atoms with Gasteiger partial charge in [-0.25, -0.2) is 0 Å². The van der Waals surface area contributed by atoms with E-state index in [1.54, 1.807) is 16.6 Å². The smallest absolute Gasteiger partial charge is 0.269 e. The summed E-state index contributed by atoms with van der Waals surface area (Å²) in [6.07, 6.45) is 0. The van der Waals surface area contributed by atoms with Crippen LogP contribution in [0.3, 0.4) is 0 Å². The van der Waals surface area contributed by atoms with Crippen LogP contribution in [0.15, 0.2) is 48.5 Å². The molecule has 2 aromatic heterocycles. The van der Waals surface area contributed by atoms with Gasteiger partial charge in [-0.2, -0.15) is 9.61 Å². The number of hydrogen-bond donors (Lipinski definition) is 1. The van der Waals surface area contributed by atoms with E-state index in [2.05, 4.69) is 15.3 Å². The number of nitrogen functional groups attached to an aromatic ring is 1. The summed E-state index contributed by atoms with van der Waals surface area (Å²) < 4.78 is 1.64. The van der Waals surface area contributed by atoms with Crippen LogP contribution in [0.2, 0.25) is 0 Å². The maximum Gasteiger partial charge on any atom is 0.269 e. The minimum Gasteiger partial charge on any atom is -0.399 e. The molecule has 2 aromatic carbocycles. The number of nitrogens with zero attached hydrogens (tertiary/aromatic N) is 5. The number of nitrogens with two attached hydrogens (primary N) is 1. The molecule has 0 atom stereocenters. The van der Waals surface area contributed by atoms with Crippen molar-refractivity contribution in [2.75, 3.05) is 5.73 Å². The van der Waals surface area contributed by atoms with Gasteiger partial charge in [0, 0.05) is 28.9 Å². The number of nitro benzene ring substituents is 1. The zero-order chi connectivity index (χ0) is 16.7. The summed E-state index contributed by atoms with van der Waals surface area (Å²) in [5.74, 6) is 0.540. The molecule has 0 aliphatic rings. The van der Waals surface area contributed by atoms with E-state index in [0.29, 0.717) is 22.0 Å². The van der Waals surface area contributed by atoms with Gasteiger partial charge < -0.3 is 5.73 Å². The van der Waals surface area contributed by atoms with Gasteiger partial charge in [-0.1, -0.05) is 11.3 Å². The lowest BCUT2D eigenvalue weighted by Gasteiger charge is -1.98. The maximum absolute atomic E-state index is 10.7. The topological polar surface area (TPSA) is 112 Å². The number of benzene rings is 2. The van der Waals surface area contributed by atoms with Crippen molar-refractivity contribution in [2.45, 2.75) is 0 Å². The van der Waals surface area contributed by atoms with Crippen molar-refractivity contribution in [2.24, 2.45) is 0 Å². The molecule has 2 heterocycles. The molecule has 4 aromatic rings. The monoisotopic (exact) mass is 338 g/mol. The molecule has 118 valence electrons. The largest absolute Gasteiger partial charge is 0.399 e. The van der Waals surface area contributed by atoms with Crippen LogP contribution in [-0.2, 0) is 0 Å². The van der Waals surface area contributed by atoms with Gasteiger partial charge in [0.25, 0.3) is 5.69 Å². The second kappa shape index (κ2) is 5.39. The van der Waals surface area contributed by atoms with Gasteiger partial charge >= 0.3 is 0 Å². The Morgan fingerprint density at radius 2 is 1.67 bits per heavy atom. The van der Waals surface area contributed by atoms with Crippen LogP contribution in [0.25, 0.3) is 26.9 Å². The first kappa shape index (κ1) is 14.3. The van der Waals surface area contributed by atoms with E-state index in [0.717, 1.165) is 10.6 Å². The number of rotatable bonds is 3. The Hall–Kier alpha value is -3.33. The van der Waals surface area contributed by atoms with Crippen molar-refractivity contribution < 1.29 is 4.92 Å². The first-order valence-corrected chi connectivity index (χ1v) is 7.76. The number of fused-ring (bicyclic) bond motifs is 1. The Morgan fingerprint density at radius 3 is 2.33 bits per heavy atom. The third-order valence-electron chi connectivity index (χ3n) is 3.48. The second-order valence-corrected chi connectivity index (χ2v) is 6.01. The van der Waals surface area contributed by atoms with E-state index in [4.69, 9.17) is 5.73 Å². The van der Waals surface area contributed by atoms with Gasteiger partial charge in [-0.05, 0) is 36.4 Å². The molecule has 0 bridgehead atoms. The summed E-state index contributed by atoms with van der Waals surface area (Å²) in [7, 11) is 0. The maximum atomic E-state index is 10.7. The lowest BCUT2D eigenvalue weighted by atomic mass is 10.2. The average molecular weight is 338 g/mol. The Morgan fingerprint density at radius 1 is 1.00 bits per heavy atom. The summed E-state index contributed by atoms with van der Waals surface area (Å²) in [4.78, 5) is 11.0. The summed E-state index contributed by atoms with van der Waals surface area (Å²) in [5, 5.41) is 24.3. The molecular weight excluding hydrogens is 328 g/mol. The fourth-order valence-electron chi connectivity index (χ4n) is 2.27. The predicted molar refractivity (Wildman–Crippen MR) is 90.6 cm³/mol. The van der Waals surface area contributed by atoms with Crippen LogP contribution in [0.4, 0.5) is 11.4 Å². The zero-order valence-electron chi connectivity index (χ0n) is 12.2. The van der Waals surface area contributed by atoms with Crippen molar-refractivity contribution in [3.63, 3.8) is 0 Å². The second-order valence-electron chi connectivity index (χ2n) is 5.05. The van der Waals surface area contributed by atoms with Crippen LogP contribution >= 0.6 is 11.3 Å². The molecule has 0 amide bonds. The number of non-ortho nitro benzene ring substituents is 1. The Bertz CT molecular complexity index is 1040. The minimum absolute atomic E-state index is 0.0281. The molecule has 0 spiro atoms. The normalized spacial score (nSPS) is 11.0. The Kier molecular flexibility index (Phi) is 3.21. The average Bonchev–Trinajstić information content (AvgIpc) is 3.16. The Balaban J connectivity index is 1.77. The van der Waals surface area contributed by atoms with Crippen molar-refractivity contribution in [3.05, 3.63) is 58.6 Å². The molecule has 0 aliphatic carbocycles. The number of aromatic nitrogens is 4. The Labute approximate surface area is 139 Å². The lowest BCUT2D eigenvalue weighted by Crippen LogP contribution is -1.92. The molecule has 9 heteroatoms. The highest BCUT2D eigenvalue weighted by atomic mass is 32.1. The first-order chi connectivity index (χ1) is 11.6. The lowest BCUT2D eigenvalue weighted by molar-refractivity contribution is -0.384. The fourth-order valence-corrected chi connectivity index (χ4v) is 3.12. The van der Waals surface area contributed by atoms with Crippen LogP contribution in [0.1, 0.15) is 0 Å². The van der Waals surface area contributed by atoms with Crippen LogP contribution in [0.5, 0.6) is 0 Å². The number of anilines is 1. The first-order valence-electron chi connectivity index (χ1n) is 6.95. The molecule has 8 nitrogen and oxygen atoms in total. The third-order valence-corrected chi connectivity index (χ3v) is 4.43. The molecule has 0 fully saturated rings. The van der Waals surface area contributed by atoms with E-state index in [-0.39, 0.29) is 5.69 Å². The van der Waals surface area contributed by atoms with Crippen molar-refractivity contribution in [1.29, 1.82) is 0 Å².